The molecule has 4 aromatic carbocycles. The van der Waals surface area contributed by atoms with E-state index in [4.69, 9.17) is 19.3 Å². The molecule has 6 heteroatoms. The van der Waals surface area contributed by atoms with Crippen LogP contribution in [-0.4, -0.2) is 25.9 Å². The minimum Gasteiger partial charge on any atom is -0.497 e. The first-order chi connectivity index (χ1) is 17.7. The Kier molecular flexibility index (Phi) is 6.67. The van der Waals surface area contributed by atoms with E-state index in [-0.39, 0.29) is 5.97 Å². The van der Waals surface area contributed by atoms with Crippen LogP contribution in [-0.2, 0) is 4.74 Å². The summed E-state index contributed by atoms with van der Waals surface area (Å²) in [5, 5.41) is 4.88. The van der Waals surface area contributed by atoms with E-state index in [9.17, 15) is 4.79 Å². The molecule has 0 bridgehead atoms. The zero-order valence-corrected chi connectivity index (χ0v) is 20.0. The Hall–Kier alpha value is -4.58. The van der Waals surface area contributed by atoms with Crippen molar-refractivity contribution >= 4 is 17.4 Å². The average molecular weight is 479 g/mol. The molecule has 4 aromatic rings. The highest BCUT2D eigenvalue weighted by atomic mass is 16.5. The monoisotopic (exact) mass is 478 g/mol. The molecule has 2 unspecified atom stereocenters. The topological polar surface area (TPSA) is 69.2 Å². The zero-order chi connectivity index (χ0) is 24.9. The van der Waals surface area contributed by atoms with Crippen molar-refractivity contribution in [3.05, 3.63) is 125 Å². The number of anilines is 1. The number of hydrazone groups is 1. The highest BCUT2D eigenvalue weighted by molar-refractivity contribution is 6.07. The van der Waals surface area contributed by atoms with E-state index in [2.05, 4.69) is 5.43 Å². The fourth-order valence-corrected chi connectivity index (χ4v) is 4.42. The van der Waals surface area contributed by atoms with Crippen molar-refractivity contribution in [2.45, 2.75) is 12.0 Å². The Labute approximate surface area is 210 Å². The van der Waals surface area contributed by atoms with E-state index < -0.39 is 12.0 Å². The maximum Gasteiger partial charge on any atom is 0.339 e. The average Bonchev–Trinajstić information content (AvgIpc) is 3.27. The molecule has 0 saturated carbocycles. The fourth-order valence-electron chi connectivity index (χ4n) is 4.42. The standard InChI is InChI=1S/C30H26N2O4/c1-34-23-16-12-20(13-17-23)27(29-25-10-6-7-11-26(25)30(33)36-29)28(21-14-18-24(35-2)19-15-21)32-31-22-8-4-3-5-9-22/h3-19,27,29,31H,1-2H3/b32-28-. The van der Waals surface area contributed by atoms with Crippen LogP contribution in [0.3, 0.4) is 0 Å². The minimum atomic E-state index is -0.555. The lowest BCUT2D eigenvalue weighted by Gasteiger charge is -2.26. The molecule has 0 saturated heterocycles. The Morgan fingerprint density at radius 2 is 1.42 bits per heavy atom. The van der Waals surface area contributed by atoms with Crippen molar-refractivity contribution in [1.82, 2.24) is 0 Å². The van der Waals surface area contributed by atoms with Crippen LogP contribution in [0.1, 0.15) is 39.1 Å². The van der Waals surface area contributed by atoms with Crippen LogP contribution in [0.5, 0.6) is 11.5 Å². The fraction of sp³-hybridized carbons (Fsp3) is 0.133. The van der Waals surface area contributed by atoms with Crippen molar-refractivity contribution in [3.8, 4) is 11.5 Å². The number of carbonyl (C=O) groups excluding carboxylic acids is 1. The molecule has 0 amide bonds. The summed E-state index contributed by atoms with van der Waals surface area (Å²) in [6.45, 7) is 0. The third-order valence-corrected chi connectivity index (χ3v) is 6.26. The van der Waals surface area contributed by atoms with Gasteiger partial charge in [-0.2, -0.15) is 5.10 Å². The lowest BCUT2D eigenvalue weighted by molar-refractivity contribution is 0.0368. The molecule has 1 aliphatic heterocycles. The summed E-state index contributed by atoms with van der Waals surface area (Å²) in [4.78, 5) is 12.8. The molecule has 0 fully saturated rings. The summed E-state index contributed by atoms with van der Waals surface area (Å²) in [7, 11) is 3.27. The van der Waals surface area contributed by atoms with Gasteiger partial charge in [0.15, 0.2) is 0 Å². The Morgan fingerprint density at radius 3 is 2.08 bits per heavy atom. The van der Waals surface area contributed by atoms with Gasteiger partial charge in [0.05, 0.1) is 37.1 Å². The first-order valence-corrected chi connectivity index (χ1v) is 11.6. The highest BCUT2D eigenvalue weighted by Gasteiger charge is 2.40. The van der Waals surface area contributed by atoms with Gasteiger partial charge in [-0.15, -0.1) is 0 Å². The van der Waals surface area contributed by atoms with Crippen LogP contribution in [0.4, 0.5) is 5.69 Å². The number of rotatable bonds is 8. The van der Waals surface area contributed by atoms with E-state index >= 15 is 0 Å². The number of hydrogen-bond donors (Lipinski definition) is 1. The number of nitrogens with one attached hydrogen (secondary N) is 1. The van der Waals surface area contributed by atoms with Crippen molar-refractivity contribution in [1.29, 1.82) is 0 Å². The number of carbonyl (C=O) groups is 1. The molecular formula is C30H26N2O4. The number of benzene rings is 4. The molecule has 0 radical (unpaired) electrons. The van der Waals surface area contributed by atoms with Crippen molar-refractivity contribution in [2.24, 2.45) is 5.10 Å². The number of esters is 1. The largest absolute Gasteiger partial charge is 0.497 e. The Morgan fingerprint density at radius 1 is 0.806 bits per heavy atom. The third kappa shape index (κ3) is 4.66. The van der Waals surface area contributed by atoms with Gasteiger partial charge in [-0.3, -0.25) is 5.43 Å². The van der Waals surface area contributed by atoms with Gasteiger partial charge in [-0.1, -0.05) is 48.5 Å². The predicted octanol–water partition coefficient (Wildman–Crippen LogP) is 6.22. The molecule has 2 atom stereocenters. The first kappa shape index (κ1) is 23.2. The van der Waals surface area contributed by atoms with Crippen LogP contribution >= 0.6 is 0 Å². The second kappa shape index (κ2) is 10.4. The lowest BCUT2D eigenvalue weighted by Crippen LogP contribution is -2.23. The quantitative estimate of drug-likeness (QED) is 0.185. The minimum absolute atomic E-state index is 0.334. The van der Waals surface area contributed by atoms with Crippen molar-refractivity contribution in [3.63, 3.8) is 0 Å². The SMILES string of the molecule is COc1ccc(/C(=N/Nc2ccccc2)C(c2ccc(OC)cc2)C2OC(=O)c3ccccc32)cc1. The number of fused-ring (bicyclic) bond motifs is 1. The number of methoxy groups -OCH3 is 2. The van der Waals surface area contributed by atoms with Gasteiger partial charge in [0, 0.05) is 5.56 Å². The molecule has 0 aromatic heterocycles. The van der Waals surface area contributed by atoms with Gasteiger partial charge in [-0.25, -0.2) is 4.79 Å². The van der Waals surface area contributed by atoms with Crippen LogP contribution in [0.15, 0.2) is 108 Å². The normalized spacial score (nSPS) is 15.6. The summed E-state index contributed by atoms with van der Waals surface area (Å²) in [5.74, 6) is 0.756. The molecule has 1 aliphatic rings. The Balaban J connectivity index is 1.67. The van der Waals surface area contributed by atoms with Crippen molar-refractivity contribution in [2.75, 3.05) is 19.6 Å². The van der Waals surface area contributed by atoms with Gasteiger partial charge in [0.1, 0.15) is 17.6 Å². The number of ether oxygens (including phenoxy) is 3. The molecule has 0 aliphatic carbocycles. The second-order valence-electron chi connectivity index (χ2n) is 8.37. The lowest BCUT2D eigenvalue weighted by atomic mass is 9.82. The molecule has 1 heterocycles. The van der Waals surface area contributed by atoms with Gasteiger partial charge in [0.25, 0.3) is 0 Å². The van der Waals surface area contributed by atoms with E-state index in [1.807, 2.05) is 97.1 Å². The molecule has 5 rings (SSSR count). The molecule has 36 heavy (non-hydrogen) atoms. The summed E-state index contributed by atoms with van der Waals surface area (Å²) in [5.41, 5.74) is 7.99. The van der Waals surface area contributed by atoms with Gasteiger partial charge < -0.3 is 14.2 Å². The van der Waals surface area contributed by atoms with Gasteiger partial charge in [0.2, 0.25) is 0 Å². The van der Waals surface area contributed by atoms with Crippen LogP contribution in [0, 0.1) is 0 Å². The molecule has 180 valence electrons. The van der Waals surface area contributed by atoms with Gasteiger partial charge >= 0.3 is 5.97 Å². The molecule has 6 nitrogen and oxygen atoms in total. The van der Waals surface area contributed by atoms with E-state index in [0.29, 0.717) is 5.56 Å². The highest BCUT2D eigenvalue weighted by Crippen LogP contribution is 2.43. The maximum atomic E-state index is 12.8. The number of nitrogens with zero attached hydrogens (tertiary/aromatic N) is 1. The first-order valence-electron chi connectivity index (χ1n) is 11.6. The summed E-state index contributed by atoms with van der Waals surface area (Å²) in [6.07, 6.45) is -0.555. The number of cyclic esters (lactones) is 1. The molecule has 0 spiro atoms. The van der Waals surface area contributed by atoms with Gasteiger partial charge in [-0.05, 0) is 65.7 Å². The number of para-hydroxylation sites is 1. The zero-order valence-electron chi connectivity index (χ0n) is 20.0. The van der Waals surface area contributed by atoms with Crippen molar-refractivity contribution < 1.29 is 19.0 Å². The Bertz CT molecular complexity index is 1370. The summed E-state index contributed by atoms with van der Waals surface area (Å²) in [6, 6.07) is 32.7. The van der Waals surface area contributed by atoms with E-state index in [0.717, 1.165) is 39.6 Å². The van der Waals surface area contributed by atoms with Crippen LogP contribution in [0.2, 0.25) is 0 Å². The number of hydrogen-bond acceptors (Lipinski definition) is 6. The predicted molar refractivity (Wildman–Crippen MR) is 140 cm³/mol. The van der Waals surface area contributed by atoms with E-state index in [1.165, 1.54) is 0 Å². The summed E-state index contributed by atoms with van der Waals surface area (Å²) >= 11 is 0. The molecule has 1 N–H and O–H groups in total. The van der Waals surface area contributed by atoms with E-state index in [1.54, 1.807) is 20.3 Å². The van der Waals surface area contributed by atoms with Crippen LogP contribution in [0.25, 0.3) is 0 Å². The maximum absolute atomic E-state index is 12.8. The second-order valence-corrected chi connectivity index (χ2v) is 8.37. The van der Waals surface area contributed by atoms with Crippen LogP contribution < -0.4 is 14.9 Å². The molecular weight excluding hydrogens is 452 g/mol. The third-order valence-electron chi connectivity index (χ3n) is 6.26. The smallest absolute Gasteiger partial charge is 0.339 e. The summed E-state index contributed by atoms with van der Waals surface area (Å²) < 4.78 is 16.8.